The summed E-state index contributed by atoms with van der Waals surface area (Å²) in [6.07, 6.45) is 0. The number of amides is 1. The van der Waals surface area contributed by atoms with Crippen molar-refractivity contribution < 1.29 is 18.7 Å². The number of esters is 1. The number of nitrogens with one attached hydrogen (secondary N) is 1. The lowest BCUT2D eigenvalue weighted by Crippen LogP contribution is -2.13. The van der Waals surface area contributed by atoms with E-state index in [2.05, 4.69) is 10.3 Å². The van der Waals surface area contributed by atoms with Gasteiger partial charge in [0, 0.05) is 11.1 Å². The Kier molecular flexibility index (Phi) is 4.87. The fraction of sp³-hybridized carbons (Fsp3) is 0.154. The second-order valence-corrected chi connectivity index (χ2v) is 5.11. The highest BCUT2D eigenvalue weighted by Gasteiger charge is 2.16. The third kappa shape index (κ3) is 3.77. The number of carbonyl (C=O) groups excluding carboxylic acids is 2. The van der Waals surface area contributed by atoms with E-state index < -0.39 is 17.7 Å². The number of hydrogen-bond donors (Lipinski definition) is 1. The molecule has 0 bridgehead atoms. The molecule has 0 saturated carbocycles. The van der Waals surface area contributed by atoms with Crippen LogP contribution in [0.1, 0.15) is 27.2 Å². The van der Waals surface area contributed by atoms with Crippen LogP contribution in [0.3, 0.4) is 0 Å². The number of hydrogen-bond acceptors (Lipinski definition) is 5. The maximum Gasteiger partial charge on any atom is 0.367 e. The van der Waals surface area contributed by atoms with Gasteiger partial charge in [0.15, 0.2) is 0 Å². The molecular weight excluding hydrogens is 319 g/mol. The molecule has 0 saturated heterocycles. The first-order valence-electron chi connectivity index (χ1n) is 5.90. The van der Waals surface area contributed by atoms with Crippen molar-refractivity contribution >= 4 is 40.5 Å². The second-order valence-electron chi connectivity index (χ2n) is 3.84. The summed E-state index contributed by atoms with van der Waals surface area (Å²) in [5, 5.41) is 3.94. The zero-order chi connectivity index (χ0) is 15.4. The van der Waals surface area contributed by atoms with E-state index in [-0.39, 0.29) is 28.0 Å². The first-order chi connectivity index (χ1) is 10.0. The first-order valence-corrected chi connectivity index (χ1v) is 7.16. The van der Waals surface area contributed by atoms with Crippen molar-refractivity contribution in [2.24, 2.45) is 0 Å². The topological polar surface area (TPSA) is 68.3 Å². The number of benzene rings is 1. The summed E-state index contributed by atoms with van der Waals surface area (Å²) < 4.78 is 18.1. The van der Waals surface area contributed by atoms with Crippen LogP contribution >= 0.6 is 22.9 Å². The van der Waals surface area contributed by atoms with Gasteiger partial charge in [-0.3, -0.25) is 4.79 Å². The summed E-state index contributed by atoms with van der Waals surface area (Å²) >= 11 is 6.55. The molecule has 0 unspecified atom stereocenters. The average Bonchev–Trinajstić information content (AvgIpc) is 2.93. The van der Waals surface area contributed by atoms with Gasteiger partial charge in [0.05, 0.1) is 11.6 Å². The van der Waals surface area contributed by atoms with E-state index in [4.69, 9.17) is 16.3 Å². The van der Waals surface area contributed by atoms with Gasteiger partial charge >= 0.3 is 5.97 Å². The largest absolute Gasteiger partial charge is 0.461 e. The Hall–Kier alpha value is -1.99. The molecule has 2 aromatic rings. The van der Waals surface area contributed by atoms with Crippen LogP contribution in [0.15, 0.2) is 23.6 Å². The second kappa shape index (κ2) is 6.64. The van der Waals surface area contributed by atoms with Gasteiger partial charge in [-0.1, -0.05) is 11.6 Å². The van der Waals surface area contributed by atoms with E-state index in [0.717, 1.165) is 17.4 Å². The minimum Gasteiger partial charge on any atom is -0.461 e. The SMILES string of the molecule is CCOC(=O)c1nc(C(=O)Nc2ccc(Cl)c(F)c2)cs1. The van der Waals surface area contributed by atoms with Crippen molar-refractivity contribution in [3.05, 3.63) is 45.1 Å². The summed E-state index contributed by atoms with van der Waals surface area (Å²) in [4.78, 5) is 27.3. The van der Waals surface area contributed by atoms with Gasteiger partial charge in [-0.15, -0.1) is 11.3 Å². The molecular formula is C13H10ClFN2O3S. The van der Waals surface area contributed by atoms with Gasteiger partial charge in [-0.05, 0) is 25.1 Å². The van der Waals surface area contributed by atoms with Crippen molar-refractivity contribution in [1.82, 2.24) is 4.98 Å². The lowest BCUT2D eigenvalue weighted by Gasteiger charge is -2.03. The molecule has 0 aliphatic rings. The molecule has 0 aliphatic carbocycles. The van der Waals surface area contributed by atoms with E-state index in [1.165, 1.54) is 17.5 Å². The molecule has 21 heavy (non-hydrogen) atoms. The monoisotopic (exact) mass is 328 g/mol. The predicted molar refractivity (Wildman–Crippen MR) is 77.4 cm³/mol. The molecule has 0 spiro atoms. The number of anilines is 1. The number of nitrogens with zero attached hydrogens (tertiary/aromatic N) is 1. The normalized spacial score (nSPS) is 10.2. The van der Waals surface area contributed by atoms with Crippen molar-refractivity contribution in [2.45, 2.75) is 6.92 Å². The molecule has 1 heterocycles. The molecule has 1 aromatic heterocycles. The zero-order valence-electron chi connectivity index (χ0n) is 10.9. The van der Waals surface area contributed by atoms with Gasteiger partial charge in [0.1, 0.15) is 11.5 Å². The van der Waals surface area contributed by atoms with Gasteiger partial charge in [-0.2, -0.15) is 0 Å². The van der Waals surface area contributed by atoms with Crippen LogP contribution < -0.4 is 5.32 Å². The van der Waals surface area contributed by atoms with E-state index in [0.29, 0.717) is 0 Å². The van der Waals surface area contributed by atoms with E-state index in [1.807, 2.05) is 0 Å². The van der Waals surface area contributed by atoms with Crippen LogP contribution in [0, 0.1) is 5.82 Å². The predicted octanol–water partition coefficient (Wildman–Crippen LogP) is 3.36. The molecule has 0 fully saturated rings. The van der Waals surface area contributed by atoms with Crippen LogP contribution in [0.25, 0.3) is 0 Å². The summed E-state index contributed by atoms with van der Waals surface area (Å²) in [6.45, 7) is 1.90. The molecule has 8 heteroatoms. The summed E-state index contributed by atoms with van der Waals surface area (Å²) in [7, 11) is 0. The maximum atomic E-state index is 13.3. The zero-order valence-corrected chi connectivity index (χ0v) is 12.4. The summed E-state index contributed by atoms with van der Waals surface area (Å²) in [5.41, 5.74) is 0.297. The molecule has 110 valence electrons. The van der Waals surface area contributed by atoms with Crippen LogP contribution in [0.2, 0.25) is 5.02 Å². The van der Waals surface area contributed by atoms with Crippen LogP contribution in [0.5, 0.6) is 0 Å². The Labute approximate surface area is 128 Å². The van der Waals surface area contributed by atoms with Gasteiger partial charge in [-0.25, -0.2) is 14.2 Å². The average molecular weight is 329 g/mol. The summed E-state index contributed by atoms with van der Waals surface area (Å²) in [6, 6.07) is 3.89. The number of thiazole rings is 1. The third-order valence-electron chi connectivity index (χ3n) is 2.36. The Balaban J connectivity index is 2.10. The van der Waals surface area contributed by atoms with Gasteiger partial charge in [0.2, 0.25) is 5.01 Å². The molecule has 1 amide bonds. The van der Waals surface area contributed by atoms with Crippen LogP contribution in [0.4, 0.5) is 10.1 Å². The van der Waals surface area contributed by atoms with Gasteiger partial charge < -0.3 is 10.1 Å². The highest BCUT2D eigenvalue weighted by molar-refractivity contribution is 7.11. The number of ether oxygens (including phenoxy) is 1. The van der Waals surface area contributed by atoms with Crippen LogP contribution in [-0.2, 0) is 4.74 Å². The Morgan fingerprint density at radius 3 is 2.90 bits per heavy atom. The lowest BCUT2D eigenvalue weighted by molar-refractivity contribution is 0.0526. The quantitative estimate of drug-likeness (QED) is 0.874. The van der Waals surface area contributed by atoms with E-state index >= 15 is 0 Å². The number of aromatic nitrogens is 1. The fourth-order valence-electron chi connectivity index (χ4n) is 1.43. The van der Waals surface area contributed by atoms with Crippen molar-refractivity contribution in [2.75, 3.05) is 11.9 Å². The number of carbonyl (C=O) groups is 2. The Morgan fingerprint density at radius 1 is 1.48 bits per heavy atom. The first kappa shape index (κ1) is 15.4. The molecule has 0 atom stereocenters. The van der Waals surface area contributed by atoms with E-state index in [1.54, 1.807) is 6.92 Å². The van der Waals surface area contributed by atoms with E-state index in [9.17, 15) is 14.0 Å². The van der Waals surface area contributed by atoms with Crippen LogP contribution in [-0.4, -0.2) is 23.5 Å². The van der Waals surface area contributed by atoms with Gasteiger partial charge in [0.25, 0.3) is 5.91 Å². The molecule has 0 radical (unpaired) electrons. The number of rotatable bonds is 4. The molecule has 0 aliphatic heterocycles. The highest BCUT2D eigenvalue weighted by atomic mass is 35.5. The third-order valence-corrected chi connectivity index (χ3v) is 3.49. The lowest BCUT2D eigenvalue weighted by atomic mass is 10.3. The smallest absolute Gasteiger partial charge is 0.367 e. The summed E-state index contributed by atoms with van der Waals surface area (Å²) in [5.74, 6) is -1.78. The van der Waals surface area contributed by atoms with Crippen molar-refractivity contribution in [1.29, 1.82) is 0 Å². The minimum absolute atomic E-state index is 0.0359. The standard InChI is InChI=1S/C13H10ClFN2O3S/c1-2-20-13(19)12-17-10(6-21-12)11(18)16-7-3-4-8(14)9(15)5-7/h3-6H,2H2,1H3,(H,16,18). The molecule has 1 aromatic carbocycles. The van der Waals surface area contributed by atoms with Crippen molar-refractivity contribution in [3.63, 3.8) is 0 Å². The minimum atomic E-state index is -0.639. The maximum absolute atomic E-state index is 13.3. The highest BCUT2D eigenvalue weighted by Crippen LogP contribution is 2.19. The molecule has 1 N–H and O–H groups in total. The van der Waals surface area contributed by atoms with Crippen molar-refractivity contribution in [3.8, 4) is 0 Å². The Bertz CT molecular complexity index is 690. The molecule has 5 nitrogen and oxygen atoms in total. The molecule has 2 rings (SSSR count). The number of halogens is 2. The fourth-order valence-corrected chi connectivity index (χ4v) is 2.24. The Morgan fingerprint density at radius 2 is 2.24 bits per heavy atom.